The smallest absolute Gasteiger partial charge is 0.185 e. The molecule has 0 amide bonds. The van der Waals surface area contributed by atoms with Crippen molar-refractivity contribution in [3.8, 4) is 11.5 Å². The van der Waals surface area contributed by atoms with E-state index < -0.39 is 0 Å². The average molecular weight is 537 g/mol. The van der Waals surface area contributed by atoms with Crippen LogP contribution in [0.3, 0.4) is 0 Å². The second-order valence-corrected chi connectivity index (χ2v) is 10.4. The number of rotatable bonds is 6. The van der Waals surface area contributed by atoms with Crippen LogP contribution in [0.25, 0.3) is 0 Å². The van der Waals surface area contributed by atoms with Crippen LogP contribution < -0.4 is 9.47 Å². The minimum atomic E-state index is -0.223. The fourth-order valence-corrected chi connectivity index (χ4v) is 5.40. The van der Waals surface area contributed by atoms with E-state index >= 15 is 0 Å². The molecule has 0 heterocycles. The van der Waals surface area contributed by atoms with Gasteiger partial charge in [-0.25, -0.2) is 0 Å². The number of Topliss-reactive ketones (excluding diaryl/α,β-unsaturated/α-hetero) is 2. The van der Waals surface area contributed by atoms with E-state index in [1.807, 2.05) is 50.2 Å². The summed E-state index contributed by atoms with van der Waals surface area (Å²) in [5.41, 5.74) is 4.61. The van der Waals surface area contributed by atoms with Gasteiger partial charge in [0.2, 0.25) is 0 Å². The number of fused-ring (bicyclic) bond motifs is 8. The fourth-order valence-electron chi connectivity index (χ4n) is 5.40. The number of carbonyl (C=O) groups excluding carboxylic acids is 4. The first-order chi connectivity index (χ1) is 19.4. The van der Waals surface area contributed by atoms with Crippen molar-refractivity contribution in [2.75, 3.05) is 13.2 Å². The highest BCUT2D eigenvalue weighted by Crippen LogP contribution is 2.35. The third-order valence-electron chi connectivity index (χ3n) is 7.21. The number of ether oxygens (including phenoxy) is 2. The van der Waals surface area contributed by atoms with Gasteiger partial charge in [0.25, 0.3) is 0 Å². The third kappa shape index (κ3) is 5.67. The number of hydrogen-bond donors (Lipinski definition) is 0. The molecule has 2 aromatic rings. The predicted molar refractivity (Wildman–Crippen MR) is 152 cm³/mol. The van der Waals surface area contributed by atoms with Gasteiger partial charge in [-0.1, -0.05) is 50.2 Å². The van der Waals surface area contributed by atoms with Crippen molar-refractivity contribution in [3.05, 3.63) is 105 Å². The molecule has 0 aliphatic heterocycles. The molecule has 40 heavy (non-hydrogen) atoms. The normalized spacial score (nSPS) is 17.1. The van der Waals surface area contributed by atoms with Gasteiger partial charge in [-0.05, 0) is 59.4 Å². The number of allylic oxidation sites excluding steroid dienone is 8. The lowest BCUT2D eigenvalue weighted by Crippen LogP contribution is -2.20. The Hall–Kier alpha value is -4.32. The van der Waals surface area contributed by atoms with Crippen LogP contribution in [0.2, 0.25) is 0 Å². The molecular weight excluding hydrogens is 504 g/mol. The summed E-state index contributed by atoms with van der Waals surface area (Å²) in [6.07, 6.45) is 8.00. The lowest BCUT2D eigenvalue weighted by molar-refractivity contribution is -0.115. The van der Waals surface area contributed by atoms with Crippen LogP contribution >= 0.6 is 0 Å². The first-order valence-electron chi connectivity index (χ1n) is 13.8. The molecule has 0 saturated carbocycles. The molecule has 6 heteroatoms. The van der Waals surface area contributed by atoms with Gasteiger partial charge in [0.1, 0.15) is 11.5 Å². The maximum atomic E-state index is 13.7. The predicted octanol–water partition coefficient (Wildman–Crippen LogP) is 5.16. The topological polar surface area (TPSA) is 86.7 Å². The maximum absolute atomic E-state index is 13.7. The Morgan fingerprint density at radius 1 is 0.525 bits per heavy atom. The zero-order valence-electron chi connectivity index (χ0n) is 22.9. The van der Waals surface area contributed by atoms with Crippen LogP contribution in [0.4, 0.5) is 0 Å². The number of hydrogen-bond acceptors (Lipinski definition) is 6. The molecule has 204 valence electrons. The van der Waals surface area contributed by atoms with Gasteiger partial charge in [-0.2, -0.15) is 0 Å². The molecule has 0 fully saturated rings. The lowest BCUT2D eigenvalue weighted by Gasteiger charge is -2.22. The largest absolute Gasteiger partial charge is 0.493 e. The zero-order valence-corrected chi connectivity index (χ0v) is 22.9. The molecule has 6 nitrogen and oxygen atoms in total. The van der Waals surface area contributed by atoms with Gasteiger partial charge >= 0.3 is 0 Å². The number of carbonyl (C=O) groups is 4. The quantitative estimate of drug-likeness (QED) is 0.474. The summed E-state index contributed by atoms with van der Waals surface area (Å²) in [5.74, 6) is 0.387. The molecule has 0 atom stereocenters. The third-order valence-corrected chi connectivity index (χ3v) is 7.21. The number of para-hydroxylation sites is 2. The highest BCUT2D eigenvalue weighted by atomic mass is 16.5. The van der Waals surface area contributed by atoms with E-state index in [0.29, 0.717) is 47.0 Å². The summed E-state index contributed by atoms with van der Waals surface area (Å²) in [4.78, 5) is 52.9. The summed E-state index contributed by atoms with van der Waals surface area (Å²) in [7, 11) is 0. The van der Waals surface area contributed by atoms with E-state index in [4.69, 9.17) is 9.47 Å². The molecule has 0 N–H and O–H groups in total. The van der Waals surface area contributed by atoms with Gasteiger partial charge in [-0.3, -0.25) is 19.2 Å². The van der Waals surface area contributed by atoms with E-state index in [2.05, 4.69) is 0 Å². The SMILES string of the molecule is CCCOc1c2cccc1CC1=CC(=O)C=C(Cc3cccc(c3OCCC)CC3=CC(=O)C=C(C2)C3=O)C1=O. The lowest BCUT2D eigenvalue weighted by atomic mass is 9.84. The molecule has 0 spiro atoms. The van der Waals surface area contributed by atoms with Crippen LogP contribution in [0.15, 0.2) is 83.0 Å². The second-order valence-electron chi connectivity index (χ2n) is 10.4. The number of benzene rings is 2. The summed E-state index contributed by atoms with van der Waals surface area (Å²) in [6.45, 7) is 4.90. The number of ketones is 4. The van der Waals surface area contributed by atoms with Crippen molar-refractivity contribution in [2.45, 2.75) is 52.4 Å². The van der Waals surface area contributed by atoms with Gasteiger partial charge in [-0.15, -0.1) is 0 Å². The van der Waals surface area contributed by atoms with Gasteiger partial charge in [0.15, 0.2) is 23.1 Å². The maximum Gasteiger partial charge on any atom is 0.185 e. The fraction of sp³-hybridized carbons (Fsp3) is 0.294. The van der Waals surface area contributed by atoms with Crippen molar-refractivity contribution < 1.29 is 28.7 Å². The van der Waals surface area contributed by atoms with Gasteiger partial charge in [0.05, 0.1) is 13.2 Å². The zero-order chi connectivity index (χ0) is 28.2. The Morgan fingerprint density at radius 2 is 0.825 bits per heavy atom. The molecule has 3 aliphatic rings. The Morgan fingerprint density at radius 3 is 1.10 bits per heavy atom. The van der Waals surface area contributed by atoms with Crippen molar-refractivity contribution >= 4 is 23.1 Å². The molecule has 0 saturated heterocycles. The first-order valence-corrected chi connectivity index (χ1v) is 13.8. The van der Waals surface area contributed by atoms with E-state index in [0.717, 1.165) is 35.1 Å². The van der Waals surface area contributed by atoms with E-state index in [1.54, 1.807) is 0 Å². The highest BCUT2D eigenvalue weighted by Gasteiger charge is 2.28. The minimum absolute atomic E-state index is 0.173. The van der Waals surface area contributed by atoms with Crippen molar-refractivity contribution in [1.82, 2.24) is 0 Å². The van der Waals surface area contributed by atoms with E-state index in [9.17, 15) is 19.2 Å². The summed E-state index contributed by atoms with van der Waals surface area (Å²) < 4.78 is 12.3. The molecule has 3 aliphatic carbocycles. The van der Waals surface area contributed by atoms with Crippen molar-refractivity contribution in [1.29, 1.82) is 0 Å². The van der Waals surface area contributed by atoms with E-state index in [-0.39, 0.29) is 48.8 Å². The van der Waals surface area contributed by atoms with Crippen LogP contribution in [-0.4, -0.2) is 36.3 Å². The van der Waals surface area contributed by atoms with Crippen molar-refractivity contribution in [3.63, 3.8) is 0 Å². The molecule has 0 aromatic heterocycles. The standard InChI is InChI=1S/C34H32O6/c1-3-11-39-33-21-7-5-8-22(33)14-26-18-30(36)20-28(32(26)38)16-24-10-6-9-23(34(24)40-12-4-2)15-27-19-29(35)17-25(13-21)31(27)37/h5-10,17-20H,3-4,11-16H2,1-2H3. The first kappa shape index (κ1) is 27.3. The van der Waals surface area contributed by atoms with Crippen LogP contribution in [0.1, 0.15) is 48.9 Å². The van der Waals surface area contributed by atoms with Crippen LogP contribution in [-0.2, 0) is 44.9 Å². The minimum Gasteiger partial charge on any atom is -0.493 e. The molecular formula is C34H32O6. The summed E-state index contributed by atoms with van der Waals surface area (Å²) in [6, 6.07) is 11.2. The molecule has 5 rings (SSSR count). The summed E-state index contributed by atoms with van der Waals surface area (Å²) >= 11 is 0. The van der Waals surface area contributed by atoms with E-state index in [1.165, 1.54) is 24.3 Å². The second kappa shape index (κ2) is 11.8. The Kier molecular flexibility index (Phi) is 8.06. The van der Waals surface area contributed by atoms with Crippen LogP contribution in [0.5, 0.6) is 11.5 Å². The molecule has 8 bridgehead atoms. The van der Waals surface area contributed by atoms with Gasteiger partial charge in [0, 0.05) is 48.0 Å². The summed E-state index contributed by atoms with van der Waals surface area (Å²) in [5, 5.41) is 0. The Labute approximate surface area is 234 Å². The van der Waals surface area contributed by atoms with Gasteiger partial charge < -0.3 is 9.47 Å². The molecule has 0 radical (unpaired) electrons. The Balaban J connectivity index is 1.67. The average Bonchev–Trinajstić information content (AvgIpc) is 2.92. The monoisotopic (exact) mass is 536 g/mol. The van der Waals surface area contributed by atoms with Crippen molar-refractivity contribution in [2.24, 2.45) is 0 Å². The Bertz CT molecular complexity index is 1320. The highest BCUT2D eigenvalue weighted by molar-refractivity contribution is 6.21. The molecule has 2 aromatic carbocycles. The van der Waals surface area contributed by atoms with Crippen LogP contribution in [0, 0.1) is 0 Å². The molecule has 0 unspecified atom stereocenters.